The second-order valence-corrected chi connectivity index (χ2v) is 5.91. The van der Waals surface area contributed by atoms with Gasteiger partial charge in [-0.2, -0.15) is 0 Å². The highest BCUT2D eigenvalue weighted by atomic mass is 19.1. The fourth-order valence-electron chi connectivity index (χ4n) is 2.79. The van der Waals surface area contributed by atoms with Gasteiger partial charge in [-0.15, -0.1) is 0 Å². The summed E-state index contributed by atoms with van der Waals surface area (Å²) < 4.78 is 35.4. The minimum absolute atomic E-state index is 0.0167. The van der Waals surface area contributed by atoms with Gasteiger partial charge in [0.2, 0.25) is 5.88 Å². The van der Waals surface area contributed by atoms with Crippen molar-refractivity contribution in [2.24, 2.45) is 0 Å². The molecule has 0 unspecified atom stereocenters. The normalized spacial score (nSPS) is 10.8. The third-order valence-corrected chi connectivity index (χ3v) is 4.13. The van der Waals surface area contributed by atoms with E-state index in [2.05, 4.69) is 14.7 Å². The van der Waals surface area contributed by atoms with Crippen LogP contribution in [0.5, 0.6) is 11.6 Å². The van der Waals surface area contributed by atoms with Crippen molar-refractivity contribution in [3.63, 3.8) is 0 Å². The first-order chi connectivity index (χ1) is 14.0. The summed E-state index contributed by atoms with van der Waals surface area (Å²) in [5, 5.41) is 9.49. The van der Waals surface area contributed by atoms with Gasteiger partial charge in [0.1, 0.15) is 17.0 Å². The molecule has 0 aliphatic heterocycles. The third kappa shape index (κ3) is 3.96. The van der Waals surface area contributed by atoms with Gasteiger partial charge in [0.15, 0.2) is 12.5 Å². The molecule has 0 bridgehead atoms. The van der Waals surface area contributed by atoms with Crippen LogP contribution in [0.25, 0.3) is 22.3 Å². The molecule has 0 atom stereocenters. The van der Waals surface area contributed by atoms with Gasteiger partial charge in [-0.25, -0.2) is 19.2 Å². The molecular weight excluding hydrogens is 383 g/mol. The molecule has 0 fully saturated rings. The Kier molecular flexibility index (Phi) is 6.20. The molecule has 0 saturated carbocycles. The zero-order chi connectivity index (χ0) is 21.0. The molecule has 8 nitrogen and oxygen atoms in total. The Balaban J connectivity index is 2.27. The van der Waals surface area contributed by atoms with Gasteiger partial charge in [0.05, 0.1) is 31.9 Å². The smallest absolute Gasteiger partial charge is 0.340 e. The first-order valence-electron chi connectivity index (χ1n) is 8.52. The largest absolute Gasteiger partial charge is 0.479 e. The van der Waals surface area contributed by atoms with Crippen LogP contribution < -0.4 is 9.47 Å². The lowest BCUT2D eigenvalue weighted by Gasteiger charge is -2.14. The Hall–Kier alpha value is -3.30. The molecule has 3 rings (SSSR count). The highest BCUT2D eigenvalue weighted by Gasteiger charge is 2.22. The molecule has 0 saturated heterocycles. The van der Waals surface area contributed by atoms with Gasteiger partial charge in [-0.1, -0.05) is 6.07 Å². The molecule has 152 valence electrons. The van der Waals surface area contributed by atoms with Gasteiger partial charge in [-0.3, -0.25) is 0 Å². The minimum atomic E-state index is -0.811. The molecule has 0 aliphatic carbocycles. The van der Waals surface area contributed by atoms with Crippen LogP contribution in [-0.2, 0) is 16.1 Å². The third-order valence-electron chi connectivity index (χ3n) is 4.13. The van der Waals surface area contributed by atoms with Crippen molar-refractivity contribution >= 4 is 17.0 Å². The average Bonchev–Trinajstić information content (AvgIpc) is 2.75. The molecule has 29 heavy (non-hydrogen) atoms. The van der Waals surface area contributed by atoms with Gasteiger partial charge < -0.3 is 24.1 Å². The molecule has 1 aromatic heterocycles. The van der Waals surface area contributed by atoms with Crippen molar-refractivity contribution < 1.29 is 33.2 Å². The van der Waals surface area contributed by atoms with Crippen LogP contribution in [0.2, 0.25) is 0 Å². The molecule has 0 aliphatic rings. The Morgan fingerprint density at radius 3 is 2.62 bits per heavy atom. The number of aliphatic hydroxyl groups is 1. The second kappa shape index (κ2) is 8.80. The zero-order valence-corrected chi connectivity index (χ0v) is 16.1. The van der Waals surface area contributed by atoms with E-state index in [1.54, 1.807) is 12.1 Å². The van der Waals surface area contributed by atoms with Crippen molar-refractivity contribution in [2.75, 3.05) is 28.1 Å². The van der Waals surface area contributed by atoms with Crippen molar-refractivity contribution in [3.05, 3.63) is 47.3 Å². The first-order valence-corrected chi connectivity index (χ1v) is 8.52. The number of carbonyl (C=O) groups is 1. The number of methoxy groups -OCH3 is 3. The highest BCUT2D eigenvalue weighted by Crippen LogP contribution is 2.35. The standard InChI is InChI=1S/C20H19FN2O6/c1-26-10-29-15-8-11(9-24)7-14-18(15)23-17(19(22-14)27-2)12-5-4-6-13(16(12)21)20(25)28-3/h4-8,24H,9-10H2,1-3H3. The predicted molar refractivity (Wildman–Crippen MR) is 101 cm³/mol. The topological polar surface area (TPSA) is 100 Å². The van der Waals surface area contributed by atoms with E-state index in [0.29, 0.717) is 22.3 Å². The van der Waals surface area contributed by atoms with E-state index in [9.17, 15) is 9.90 Å². The molecule has 1 N–H and O–H groups in total. The van der Waals surface area contributed by atoms with Gasteiger partial charge in [0, 0.05) is 12.7 Å². The summed E-state index contributed by atoms with van der Waals surface area (Å²) in [5.74, 6) is -1.27. The number of fused-ring (bicyclic) bond motifs is 1. The van der Waals surface area contributed by atoms with E-state index in [-0.39, 0.29) is 36.1 Å². The maximum absolute atomic E-state index is 15.0. The maximum Gasteiger partial charge on any atom is 0.340 e. The van der Waals surface area contributed by atoms with Crippen LogP contribution in [0.1, 0.15) is 15.9 Å². The number of nitrogens with zero attached hydrogens (tertiary/aromatic N) is 2. The number of halogens is 1. The van der Waals surface area contributed by atoms with Crippen LogP contribution in [0.15, 0.2) is 30.3 Å². The summed E-state index contributed by atoms with van der Waals surface area (Å²) in [6.07, 6.45) is 0. The maximum atomic E-state index is 15.0. The van der Waals surface area contributed by atoms with Gasteiger partial charge in [0.25, 0.3) is 0 Å². The van der Waals surface area contributed by atoms with Crippen molar-refractivity contribution in [1.82, 2.24) is 9.97 Å². The Labute approximate surface area is 165 Å². The number of ether oxygens (including phenoxy) is 4. The Morgan fingerprint density at radius 1 is 1.17 bits per heavy atom. The lowest BCUT2D eigenvalue weighted by Crippen LogP contribution is -2.07. The number of hydrogen-bond acceptors (Lipinski definition) is 8. The quantitative estimate of drug-likeness (QED) is 0.476. The molecule has 0 spiro atoms. The van der Waals surface area contributed by atoms with Crippen molar-refractivity contribution in [1.29, 1.82) is 0 Å². The lowest BCUT2D eigenvalue weighted by molar-refractivity contribution is 0.0519. The number of rotatable bonds is 7. The van der Waals surface area contributed by atoms with E-state index in [0.717, 1.165) is 0 Å². The second-order valence-electron chi connectivity index (χ2n) is 5.91. The van der Waals surface area contributed by atoms with Crippen LogP contribution in [0, 0.1) is 5.82 Å². The van der Waals surface area contributed by atoms with E-state index in [4.69, 9.17) is 14.2 Å². The van der Waals surface area contributed by atoms with Gasteiger partial charge >= 0.3 is 5.97 Å². The predicted octanol–water partition coefficient (Wildman–Crippen LogP) is 2.71. The summed E-state index contributed by atoms with van der Waals surface area (Å²) in [5.41, 5.74) is 1.11. The number of aliphatic hydroxyl groups excluding tert-OH is 1. The number of benzene rings is 2. The first kappa shape index (κ1) is 20.4. The van der Waals surface area contributed by atoms with Crippen molar-refractivity contribution in [3.8, 4) is 22.9 Å². The average molecular weight is 402 g/mol. The molecule has 1 heterocycles. The SMILES string of the molecule is COCOc1cc(CO)cc2nc(OC)c(-c3cccc(C(=O)OC)c3F)nc12. The highest BCUT2D eigenvalue weighted by molar-refractivity contribution is 5.92. The van der Waals surface area contributed by atoms with Crippen LogP contribution in [-0.4, -0.2) is 49.2 Å². The van der Waals surface area contributed by atoms with Crippen LogP contribution >= 0.6 is 0 Å². The fourth-order valence-corrected chi connectivity index (χ4v) is 2.79. The Bertz CT molecular complexity index is 1060. The van der Waals surface area contributed by atoms with Crippen LogP contribution in [0.4, 0.5) is 4.39 Å². The Morgan fingerprint density at radius 2 is 1.97 bits per heavy atom. The minimum Gasteiger partial charge on any atom is -0.479 e. The molecule has 9 heteroatoms. The van der Waals surface area contributed by atoms with E-state index < -0.39 is 11.8 Å². The van der Waals surface area contributed by atoms with Crippen LogP contribution in [0.3, 0.4) is 0 Å². The summed E-state index contributed by atoms with van der Waals surface area (Å²) >= 11 is 0. The van der Waals surface area contributed by atoms with Gasteiger partial charge in [-0.05, 0) is 29.8 Å². The lowest BCUT2D eigenvalue weighted by atomic mass is 10.1. The number of aromatic nitrogens is 2. The summed E-state index contributed by atoms with van der Waals surface area (Å²) in [6.45, 7) is -0.292. The number of esters is 1. The van der Waals surface area contributed by atoms with E-state index in [1.165, 1.54) is 39.5 Å². The molecule has 3 aromatic rings. The summed E-state index contributed by atoms with van der Waals surface area (Å²) in [4.78, 5) is 20.7. The monoisotopic (exact) mass is 402 g/mol. The van der Waals surface area contributed by atoms with E-state index >= 15 is 4.39 Å². The number of carbonyl (C=O) groups excluding carboxylic acids is 1. The van der Waals surface area contributed by atoms with E-state index in [1.807, 2.05) is 0 Å². The van der Waals surface area contributed by atoms with Crippen molar-refractivity contribution in [2.45, 2.75) is 6.61 Å². The summed E-state index contributed by atoms with van der Waals surface area (Å²) in [6, 6.07) is 7.49. The summed E-state index contributed by atoms with van der Waals surface area (Å²) in [7, 11) is 4.01. The molecular formula is C20H19FN2O6. The molecule has 2 aromatic carbocycles. The fraction of sp³-hybridized carbons (Fsp3) is 0.250. The molecule has 0 amide bonds. The zero-order valence-electron chi connectivity index (χ0n) is 16.1. The molecule has 0 radical (unpaired) electrons. The number of hydrogen-bond donors (Lipinski definition) is 1.